The van der Waals surface area contributed by atoms with Crippen LogP contribution in [-0.2, 0) is 4.79 Å². The number of nitrogens with one attached hydrogen (secondary N) is 1. The molecule has 0 atom stereocenters. The van der Waals surface area contributed by atoms with Crippen molar-refractivity contribution in [2.75, 3.05) is 19.0 Å². The molecule has 2 aromatic carbocycles. The standard InChI is InChI=1S/C18H17N3O4/c1-12-20-21-18(25-12)13-7-9-14(10-8-13)24-11-17(22)19-15-5-3-4-6-16(15)23-2/h3-10H,11H2,1-2H3,(H,19,22). The van der Waals surface area contributed by atoms with Crippen molar-refractivity contribution < 1.29 is 18.7 Å². The summed E-state index contributed by atoms with van der Waals surface area (Å²) in [5.41, 5.74) is 1.38. The summed E-state index contributed by atoms with van der Waals surface area (Å²) < 4.78 is 16.0. The molecule has 0 saturated heterocycles. The van der Waals surface area contributed by atoms with Gasteiger partial charge in [0.1, 0.15) is 11.5 Å². The third kappa shape index (κ3) is 4.14. The zero-order valence-corrected chi connectivity index (χ0v) is 13.9. The number of para-hydroxylation sites is 2. The van der Waals surface area contributed by atoms with Crippen LogP contribution in [0.5, 0.6) is 11.5 Å². The lowest BCUT2D eigenvalue weighted by atomic mass is 10.2. The molecule has 0 fully saturated rings. The second-order valence-electron chi connectivity index (χ2n) is 5.19. The van der Waals surface area contributed by atoms with E-state index in [1.54, 1.807) is 50.4 Å². The molecule has 0 bridgehead atoms. The van der Waals surface area contributed by atoms with Crippen molar-refractivity contribution in [2.24, 2.45) is 0 Å². The summed E-state index contributed by atoms with van der Waals surface area (Å²) in [6.07, 6.45) is 0. The van der Waals surface area contributed by atoms with E-state index in [1.807, 2.05) is 12.1 Å². The number of anilines is 1. The van der Waals surface area contributed by atoms with Gasteiger partial charge < -0.3 is 19.2 Å². The smallest absolute Gasteiger partial charge is 0.262 e. The van der Waals surface area contributed by atoms with Crippen molar-refractivity contribution in [3.05, 3.63) is 54.4 Å². The molecule has 7 heteroatoms. The number of amides is 1. The van der Waals surface area contributed by atoms with E-state index < -0.39 is 0 Å². The van der Waals surface area contributed by atoms with Crippen molar-refractivity contribution in [1.82, 2.24) is 10.2 Å². The Morgan fingerprint density at radius 3 is 2.56 bits per heavy atom. The van der Waals surface area contributed by atoms with E-state index >= 15 is 0 Å². The number of carbonyl (C=O) groups excluding carboxylic acids is 1. The molecule has 7 nitrogen and oxygen atoms in total. The second-order valence-corrected chi connectivity index (χ2v) is 5.19. The predicted octanol–water partition coefficient (Wildman–Crippen LogP) is 3.07. The van der Waals surface area contributed by atoms with Crippen LogP contribution in [0.3, 0.4) is 0 Å². The van der Waals surface area contributed by atoms with E-state index in [4.69, 9.17) is 13.9 Å². The molecule has 0 aliphatic rings. The van der Waals surface area contributed by atoms with Crippen molar-refractivity contribution in [3.8, 4) is 23.0 Å². The van der Waals surface area contributed by atoms with E-state index in [9.17, 15) is 4.79 Å². The summed E-state index contributed by atoms with van der Waals surface area (Å²) >= 11 is 0. The minimum absolute atomic E-state index is 0.114. The fourth-order valence-electron chi connectivity index (χ4n) is 2.19. The van der Waals surface area contributed by atoms with E-state index in [0.717, 1.165) is 5.56 Å². The molecule has 0 aliphatic carbocycles. The molecule has 1 heterocycles. The highest BCUT2D eigenvalue weighted by Crippen LogP contribution is 2.23. The Labute approximate surface area is 144 Å². The number of hydrogen-bond acceptors (Lipinski definition) is 6. The molecule has 128 valence electrons. The number of carbonyl (C=O) groups is 1. The van der Waals surface area contributed by atoms with E-state index in [1.165, 1.54) is 0 Å². The summed E-state index contributed by atoms with van der Waals surface area (Å²) in [5.74, 6) is 1.83. The average Bonchev–Trinajstić information content (AvgIpc) is 3.07. The zero-order chi connectivity index (χ0) is 17.6. The highest BCUT2D eigenvalue weighted by Gasteiger charge is 2.09. The summed E-state index contributed by atoms with van der Waals surface area (Å²) in [4.78, 5) is 12.0. The van der Waals surface area contributed by atoms with E-state index in [2.05, 4.69) is 15.5 Å². The molecule has 0 aliphatic heterocycles. The summed E-state index contributed by atoms with van der Waals surface area (Å²) in [6.45, 7) is 1.62. The number of methoxy groups -OCH3 is 1. The van der Waals surface area contributed by atoms with Gasteiger partial charge >= 0.3 is 0 Å². The summed E-state index contributed by atoms with van der Waals surface area (Å²) in [7, 11) is 1.55. The molecular weight excluding hydrogens is 322 g/mol. The van der Waals surface area contributed by atoms with Crippen LogP contribution in [0.15, 0.2) is 52.9 Å². The number of hydrogen-bond donors (Lipinski definition) is 1. The van der Waals surface area contributed by atoms with Gasteiger partial charge in [-0.05, 0) is 36.4 Å². The highest BCUT2D eigenvalue weighted by molar-refractivity contribution is 5.93. The van der Waals surface area contributed by atoms with Gasteiger partial charge in [-0.15, -0.1) is 10.2 Å². The molecule has 0 saturated carbocycles. The van der Waals surface area contributed by atoms with Gasteiger partial charge in [0.15, 0.2) is 6.61 Å². The van der Waals surface area contributed by atoms with Crippen LogP contribution in [0.25, 0.3) is 11.5 Å². The van der Waals surface area contributed by atoms with E-state index in [-0.39, 0.29) is 12.5 Å². The lowest BCUT2D eigenvalue weighted by Crippen LogP contribution is -2.20. The van der Waals surface area contributed by atoms with Crippen LogP contribution in [-0.4, -0.2) is 29.8 Å². The SMILES string of the molecule is COc1ccccc1NC(=O)COc1ccc(-c2nnc(C)o2)cc1. The average molecular weight is 339 g/mol. The summed E-state index contributed by atoms with van der Waals surface area (Å²) in [5, 5.41) is 10.5. The summed E-state index contributed by atoms with van der Waals surface area (Å²) in [6, 6.07) is 14.2. The minimum atomic E-state index is -0.277. The van der Waals surface area contributed by atoms with Gasteiger partial charge in [0.25, 0.3) is 5.91 Å². The Kier molecular flexibility index (Phi) is 4.94. The third-order valence-corrected chi connectivity index (χ3v) is 3.38. The second kappa shape index (κ2) is 7.48. The minimum Gasteiger partial charge on any atom is -0.495 e. The van der Waals surface area contributed by atoms with Crippen LogP contribution in [0, 0.1) is 6.92 Å². The number of nitrogens with zero attached hydrogens (tertiary/aromatic N) is 2. The molecule has 1 N–H and O–H groups in total. The Morgan fingerprint density at radius 1 is 1.12 bits per heavy atom. The van der Waals surface area contributed by atoms with E-state index in [0.29, 0.717) is 29.0 Å². The fourth-order valence-corrected chi connectivity index (χ4v) is 2.19. The van der Waals surface area contributed by atoms with Gasteiger partial charge in [0.2, 0.25) is 11.8 Å². The molecule has 1 aromatic heterocycles. The Bertz CT molecular complexity index is 859. The van der Waals surface area contributed by atoms with Gasteiger partial charge in [-0.2, -0.15) is 0 Å². The van der Waals surface area contributed by atoms with Crippen molar-refractivity contribution in [3.63, 3.8) is 0 Å². The maximum absolute atomic E-state index is 12.0. The van der Waals surface area contributed by atoms with Gasteiger partial charge in [0, 0.05) is 12.5 Å². The lowest BCUT2D eigenvalue weighted by molar-refractivity contribution is -0.118. The molecule has 0 radical (unpaired) electrons. The molecule has 25 heavy (non-hydrogen) atoms. The fraction of sp³-hybridized carbons (Fsp3) is 0.167. The predicted molar refractivity (Wildman–Crippen MR) is 91.6 cm³/mol. The third-order valence-electron chi connectivity index (χ3n) is 3.38. The van der Waals surface area contributed by atoms with Crippen LogP contribution < -0.4 is 14.8 Å². The first-order valence-corrected chi connectivity index (χ1v) is 7.62. The normalized spacial score (nSPS) is 10.3. The zero-order valence-electron chi connectivity index (χ0n) is 13.9. The highest BCUT2D eigenvalue weighted by atomic mass is 16.5. The quantitative estimate of drug-likeness (QED) is 0.743. The maximum Gasteiger partial charge on any atom is 0.262 e. The van der Waals surface area contributed by atoms with Crippen molar-refractivity contribution in [1.29, 1.82) is 0 Å². The lowest BCUT2D eigenvalue weighted by Gasteiger charge is -2.10. The largest absolute Gasteiger partial charge is 0.495 e. The Balaban J connectivity index is 1.57. The van der Waals surface area contributed by atoms with Crippen LogP contribution >= 0.6 is 0 Å². The molecule has 3 aromatic rings. The Hall–Kier alpha value is -3.35. The topological polar surface area (TPSA) is 86.5 Å². The number of aryl methyl sites for hydroxylation is 1. The first-order chi connectivity index (χ1) is 12.2. The molecule has 0 spiro atoms. The molecular formula is C18H17N3O4. The number of aromatic nitrogens is 2. The van der Waals surface area contributed by atoms with Crippen molar-refractivity contribution in [2.45, 2.75) is 6.92 Å². The monoisotopic (exact) mass is 339 g/mol. The van der Waals surface area contributed by atoms with Crippen molar-refractivity contribution >= 4 is 11.6 Å². The first kappa shape index (κ1) is 16.5. The van der Waals surface area contributed by atoms with Gasteiger partial charge in [0.05, 0.1) is 12.8 Å². The molecule has 0 unspecified atom stereocenters. The Morgan fingerprint density at radius 2 is 1.88 bits per heavy atom. The molecule has 1 amide bonds. The van der Waals surface area contributed by atoms with Gasteiger partial charge in [-0.1, -0.05) is 12.1 Å². The van der Waals surface area contributed by atoms with Crippen LogP contribution in [0.4, 0.5) is 5.69 Å². The number of rotatable bonds is 6. The van der Waals surface area contributed by atoms with Crippen LogP contribution in [0.2, 0.25) is 0 Å². The maximum atomic E-state index is 12.0. The van der Waals surface area contributed by atoms with Crippen LogP contribution in [0.1, 0.15) is 5.89 Å². The number of benzene rings is 2. The number of ether oxygens (including phenoxy) is 2. The molecule has 3 rings (SSSR count). The first-order valence-electron chi connectivity index (χ1n) is 7.62. The van der Waals surface area contributed by atoms with Gasteiger partial charge in [-0.3, -0.25) is 4.79 Å². The van der Waals surface area contributed by atoms with Gasteiger partial charge in [-0.25, -0.2) is 0 Å².